The molecule has 0 saturated heterocycles. The maximum absolute atomic E-state index is 9.11. The molecular weight excluding hydrogens is 328 g/mol. The highest BCUT2D eigenvalue weighted by atomic mass is 16.3. The molecule has 0 rings (SSSR count). The molecule has 0 aliphatic rings. The zero-order chi connectivity index (χ0) is 20.0. The Labute approximate surface area is 173 Å². The highest BCUT2D eigenvalue weighted by Crippen LogP contribution is 2.19. The third kappa shape index (κ3) is 22.1. The molecule has 1 N–H and O–H groups in total. The van der Waals surface area contributed by atoms with Gasteiger partial charge in [0.05, 0.1) is 0 Å². The predicted octanol–water partition coefficient (Wildman–Crippen LogP) is 9.07. The fraction of sp³-hybridized carbons (Fsp3) is 1.00. The quantitative estimate of drug-likeness (QED) is 0.185. The van der Waals surface area contributed by atoms with Gasteiger partial charge in [-0.3, -0.25) is 0 Å². The first-order chi connectivity index (χ1) is 13.2. The Bertz CT molecular complexity index is 263. The minimum atomic E-state index is 0.351. The van der Waals surface area contributed by atoms with Crippen LogP contribution in [0, 0.1) is 11.8 Å². The third-order valence-electron chi connectivity index (χ3n) is 6.17. The standard InChI is InChI=1S/C26H54O/c1-4-5-6-7-8-9-10-11-12-13-14-15-16-17-18-19-20-21-22-25(2)23-26(3)24-27/h25-27H,4-24H2,1-3H3. The highest BCUT2D eigenvalue weighted by Gasteiger charge is 2.07. The van der Waals surface area contributed by atoms with Gasteiger partial charge in [0, 0.05) is 6.61 Å². The van der Waals surface area contributed by atoms with E-state index >= 15 is 0 Å². The zero-order valence-electron chi connectivity index (χ0n) is 19.5. The SMILES string of the molecule is CCCCCCCCCCCCCCCCCCCCC(C)CC(C)CO. The Morgan fingerprint density at radius 2 is 0.815 bits per heavy atom. The van der Waals surface area contributed by atoms with E-state index in [4.69, 9.17) is 5.11 Å². The van der Waals surface area contributed by atoms with Gasteiger partial charge in [-0.1, -0.05) is 143 Å². The van der Waals surface area contributed by atoms with E-state index in [1.807, 2.05) is 0 Å². The van der Waals surface area contributed by atoms with E-state index in [0.29, 0.717) is 12.5 Å². The lowest BCUT2D eigenvalue weighted by Gasteiger charge is -2.15. The van der Waals surface area contributed by atoms with Crippen LogP contribution in [-0.4, -0.2) is 11.7 Å². The van der Waals surface area contributed by atoms with Crippen LogP contribution in [0.15, 0.2) is 0 Å². The summed E-state index contributed by atoms with van der Waals surface area (Å²) in [5.74, 6) is 1.27. The number of aliphatic hydroxyl groups is 1. The van der Waals surface area contributed by atoms with Gasteiger partial charge in [-0.2, -0.15) is 0 Å². The summed E-state index contributed by atoms with van der Waals surface area (Å²) in [6.45, 7) is 7.15. The minimum Gasteiger partial charge on any atom is -0.396 e. The van der Waals surface area contributed by atoms with Crippen LogP contribution in [0.25, 0.3) is 0 Å². The van der Waals surface area contributed by atoms with Crippen molar-refractivity contribution in [2.75, 3.05) is 6.61 Å². The van der Waals surface area contributed by atoms with E-state index < -0.39 is 0 Å². The van der Waals surface area contributed by atoms with E-state index in [0.717, 1.165) is 5.92 Å². The fourth-order valence-electron chi connectivity index (χ4n) is 4.27. The Morgan fingerprint density at radius 1 is 0.481 bits per heavy atom. The van der Waals surface area contributed by atoms with Crippen LogP contribution in [0.1, 0.15) is 149 Å². The summed E-state index contributed by atoms with van der Waals surface area (Å²) in [7, 11) is 0. The summed E-state index contributed by atoms with van der Waals surface area (Å²) in [6, 6.07) is 0. The number of aliphatic hydroxyl groups excluding tert-OH is 1. The molecule has 27 heavy (non-hydrogen) atoms. The van der Waals surface area contributed by atoms with Crippen LogP contribution in [0.4, 0.5) is 0 Å². The molecule has 2 atom stereocenters. The van der Waals surface area contributed by atoms with Crippen molar-refractivity contribution in [3.8, 4) is 0 Å². The molecule has 1 nitrogen and oxygen atoms in total. The number of hydrogen-bond donors (Lipinski definition) is 1. The Kier molecular flexibility index (Phi) is 22.2. The molecule has 0 saturated carbocycles. The molecule has 0 aliphatic heterocycles. The molecule has 0 aromatic heterocycles. The molecule has 0 spiro atoms. The summed E-state index contributed by atoms with van der Waals surface area (Å²) in [6.07, 6.45) is 28.6. The Morgan fingerprint density at radius 3 is 1.15 bits per heavy atom. The number of hydrogen-bond acceptors (Lipinski definition) is 1. The molecule has 0 aromatic rings. The van der Waals surface area contributed by atoms with Crippen molar-refractivity contribution in [3.63, 3.8) is 0 Å². The first-order valence-corrected chi connectivity index (χ1v) is 12.8. The van der Waals surface area contributed by atoms with Gasteiger partial charge in [0.1, 0.15) is 0 Å². The Balaban J connectivity index is 3.09. The molecule has 0 bridgehead atoms. The third-order valence-corrected chi connectivity index (χ3v) is 6.17. The van der Waals surface area contributed by atoms with Crippen molar-refractivity contribution in [2.45, 2.75) is 149 Å². The van der Waals surface area contributed by atoms with Crippen molar-refractivity contribution in [2.24, 2.45) is 11.8 Å². The number of rotatable bonds is 22. The van der Waals surface area contributed by atoms with E-state index in [-0.39, 0.29) is 0 Å². The molecule has 0 heterocycles. The smallest absolute Gasteiger partial charge is 0.0456 e. The lowest BCUT2D eigenvalue weighted by atomic mass is 9.93. The monoisotopic (exact) mass is 382 g/mol. The van der Waals surface area contributed by atoms with Gasteiger partial charge in [0.25, 0.3) is 0 Å². The average molecular weight is 383 g/mol. The maximum Gasteiger partial charge on any atom is 0.0456 e. The van der Waals surface area contributed by atoms with Crippen molar-refractivity contribution in [3.05, 3.63) is 0 Å². The van der Waals surface area contributed by atoms with Gasteiger partial charge in [0.2, 0.25) is 0 Å². The van der Waals surface area contributed by atoms with Crippen molar-refractivity contribution < 1.29 is 5.11 Å². The molecule has 0 fully saturated rings. The zero-order valence-corrected chi connectivity index (χ0v) is 19.5. The Hall–Kier alpha value is -0.0400. The predicted molar refractivity (Wildman–Crippen MR) is 123 cm³/mol. The number of unbranched alkanes of at least 4 members (excludes halogenated alkanes) is 17. The van der Waals surface area contributed by atoms with Crippen LogP contribution < -0.4 is 0 Å². The molecule has 0 aromatic carbocycles. The lowest BCUT2D eigenvalue weighted by molar-refractivity contribution is 0.212. The summed E-state index contributed by atoms with van der Waals surface area (Å²) >= 11 is 0. The normalized spacial score (nSPS) is 13.8. The van der Waals surface area contributed by atoms with Crippen LogP contribution >= 0.6 is 0 Å². The topological polar surface area (TPSA) is 20.2 Å². The van der Waals surface area contributed by atoms with E-state index in [1.165, 1.54) is 128 Å². The van der Waals surface area contributed by atoms with Crippen molar-refractivity contribution in [1.82, 2.24) is 0 Å². The van der Waals surface area contributed by atoms with Crippen LogP contribution in [0.5, 0.6) is 0 Å². The van der Waals surface area contributed by atoms with E-state index in [9.17, 15) is 0 Å². The lowest BCUT2D eigenvalue weighted by Crippen LogP contribution is -2.06. The van der Waals surface area contributed by atoms with Crippen LogP contribution in [-0.2, 0) is 0 Å². The van der Waals surface area contributed by atoms with Gasteiger partial charge in [-0.05, 0) is 18.3 Å². The second-order valence-electron chi connectivity index (χ2n) is 9.43. The summed E-state index contributed by atoms with van der Waals surface area (Å²) in [4.78, 5) is 0. The van der Waals surface area contributed by atoms with Gasteiger partial charge in [0.15, 0.2) is 0 Å². The largest absolute Gasteiger partial charge is 0.396 e. The molecule has 164 valence electrons. The fourth-order valence-corrected chi connectivity index (χ4v) is 4.27. The van der Waals surface area contributed by atoms with Crippen LogP contribution in [0.2, 0.25) is 0 Å². The van der Waals surface area contributed by atoms with E-state index in [2.05, 4.69) is 20.8 Å². The van der Waals surface area contributed by atoms with Gasteiger partial charge < -0.3 is 5.11 Å². The minimum absolute atomic E-state index is 0.351. The second-order valence-corrected chi connectivity index (χ2v) is 9.43. The van der Waals surface area contributed by atoms with Gasteiger partial charge >= 0.3 is 0 Å². The average Bonchev–Trinajstić information content (AvgIpc) is 2.66. The molecule has 0 amide bonds. The van der Waals surface area contributed by atoms with Crippen LogP contribution in [0.3, 0.4) is 0 Å². The molecule has 2 unspecified atom stereocenters. The van der Waals surface area contributed by atoms with Crippen molar-refractivity contribution in [1.29, 1.82) is 0 Å². The van der Waals surface area contributed by atoms with Gasteiger partial charge in [-0.25, -0.2) is 0 Å². The summed E-state index contributed by atoms with van der Waals surface area (Å²) in [5, 5.41) is 9.11. The summed E-state index contributed by atoms with van der Waals surface area (Å²) < 4.78 is 0. The highest BCUT2D eigenvalue weighted by molar-refractivity contribution is 4.59. The molecular formula is C26H54O. The first-order valence-electron chi connectivity index (χ1n) is 12.8. The molecule has 0 radical (unpaired) electrons. The maximum atomic E-state index is 9.11. The second kappa shape index (κ2) is 22.3. The molecule has 1 heteroatoms. The summed E-state index contributed by atoms with van der Waals surface area (Å²) in [5.41, 5.74) is 0. The van der Waals surface area contributed by atoms with Gasteiger partial charge in [-0.15, -0.1) is 0 Å². The molecule has 0 aliphatic carbocycles. The first kappa shape index (κ1) is 27.0. The van der Waals surface area contributed by atoms with Crippen molar-refractivity contribution >= 4 is 0 Å². The van der Waals surface area contributed by atoms with E-state index in [1.54, 1.807) is 0 Å².